The van der Waals surface area contributed by atoms with E-state index in [9.17, 15) is 4.79 Å². The summed E-state index contributed by atoms with van der Waals surface area (Å²) in [5, 5.41) is 2.96. The number of amides is 1. The SMILES string of the molecule is CC(C)CO[C@@H](C)C(=O)N[C@@H](C)c1ccccc1. The molecule has 0 aromatic heterocycles. The molecular weight excluding hydrogens is 226 g/mol. The van der Waals surface area contributed by atoms with Gasteiger partial charge in [-0.2, -0.15) is 0 Å². The van der Waals surface area contributed by atoms with Gasteiger partial charge in [-0.1, -0.05) is 44.2 Å². The van der Waals surface area contributed by atoms with Gasteiger partial charge in [0.2, 0.25) is 5.91 Å². The highest BCUT2D eigenvalue weighted by atomic mass is 16.5. The number of carbonyl (C=O) groups excluding carboxylic acids is 1. The molecule has 2 atom stereocenters. The Morgan fingerprint density at radius 3 is 2.33 bits per heavy atom. The maximum absolute atomic E-state index is 11.9. The van der Waals surface area contributed by atoms with E-state index >= 15 is 0 Å². The lowest BCUT2D eigenvalue weighted by Crippen LogP contribution is -2.36. The Morgan fingerprint density at radius 1 is 1.17 bits per heavy atom. The van der Waals surface area contributed by atoms with Crippen LogP contribution in [0.25, 0.3) is 0 Å². The van der Waals surface area contributed by atoms with Gasteiger partial charge < -0.3 is 10.1 Å². The number of rotatable bonds is 6. The second-order valence-electron chi connectivity index (χ2n) is 5.01. The number of ether oxygens (including phenoxy) is 1. The van der Waals surface area contributed by atoms with Gasteiger partial charge >= 0.3 is 0 Å². The Balaban J connectivity index is 2.44. The summed E-state index contributed by atoms with van der Waals surface area (Å²) >= 11 is 0. The molecule has 0 radical (unpaired) electrons. The lowest BCUT2D eigenvalue weighted by Gasteiger charge is -2.19. The first-order valence-electron chi connectivity index (χ1n) is 6.47. The van der Waals surface area contributed by atoms with Crippen molar-refractivity contribution in [1.82, 2.24) is 5.32 Å². The zero-order chi connectivity index (χ0) is 13.5. The van der Waals surface area contributed by atoms with Gasteiger partial charge in [0.05, 0.1) is 6.04 Å². The quantitative estimate of drug-likeness (QED) is 0.841. The molecule has 0 bridgehead atoms. The van der Waals surface area contributed by atoms with Crippen molar-refractivity contribution in [1.29, 1.82) is 0 Å². The molecule has 1 aromatic rings. The van der Waals surface area contributed by atoms with E-state index in [4.69, 9.17) is 4.74 Å². The highest BCUT2D eigenvalue weighted by molar-refractivity contribution is 5.80. The van der Waals surface area contributed by atoms with Gasteiger partial charge in [0.15, 0.2) is 0 Å². The number of nitrogens with one attached hydrogen (secondary N) is 1. The van der Waals surface area contributed by atoms with Crippen molar-refractivity contribution in [3.63, 3.8) is 0 Å². The molecule has 100 valence electrons. The van der Waals surface area contributed by atoms with E-state index in [1.54, 1.807) is 6.92 Å². The van der Waals surface area contributed by atoms with Crippen LogP contribution >= 0.6 is 0 Å². The summed E-state index contributed by atoms with van der Waals surface area (Å²) in [7, 11) is 0. The Kier molecular flexibility index (Phi) is 5.86. The molecule has 0 aliphatic heterocycles. The van der Waals surface area contributed by atoms with E-state index in [1.807, 2.05) is 37.3 Å². The van der Waals surface area contributed by atoms with E-state index < -0.39 is 6.10 Å². The molecular formula is C15H23NO2. The Bertz CT molecular complexity index is 362. The zero-order valence-electron chi connectivity index (χ0n) is 11.6. The van der Waals surface area contributed by atoms with Crippen LogP contribution in [0.3, 0.4) is 0 Å². The van der Waals surface area contributed by atoms with Gasteiger partial charge in [-0.05, 0) is 25.3 Å². The van der Waals surface area contributed by atoms with Crippen LogP contribution in [0.1, 0.15) is 39.3 Å². The van der Waals surface area contributed by atoms with Crippen LogP contribution in [0.4, 0.5) is 0 Å². The van der Waals surface area contributed by atoms with Gasteiger partial charge in [-0.3, -0.25) is 4.79 Å². The maximum Gasteiger partial charge on any atom is 0.249 e. The number of hydrogen-bond donors (Lipinski definition) is 1. The molecule has 0 fully saturated rings. The van der Waals surface area contributed by atoms with Crippen LogP contribution in [-0.2, 0) is 9.53 Å². The molecule has 1 rings (SSSR count). The molecule has 0 aliphatic rings. The minimum atomic E-state index is -0.404. The van der Waals surface area contributed by atoms with E-state index in [0.717, 1.165) is 5.56 Å². The minimum absolute atomic E-state index is 0.00352. The molecule has 0 spiro atoms. The lowest BCUT2D eigenvalue weighted by molar-refractivity contribution is -0.133. The largest absolute Gasteiger partial charge is 0.368 e. The molecule has 0 saturated carbocycles. The molecule has 0 saturated heterocycles. The molecule has 1 N–H and O–H groups in total. The van der Waals surface area contributed by atoms with Crippen molar-refractivity contribution in [2.24, 2.45) is 5.92 Å². The van der Waals surface area contributed by atoms with E-state index in [0.29, 0.717) is 12.5 Å². The standard InChI is InChI=1S/C15H23NO2/c1-11(2)10-18-13(4)15(17)16-12(3)14-8-6-5-7-9-14/h5-9,11-13H,10H2,1-4H3,(H,16,17)/t12-,13-/m0/s1. The Hall–Kier alpha value is -1.35. The monoisotopic (exact) mass is 249 g/mol. The molecule has 0 aliphatic carbocycles. The summed E-state index contributed by atoms with van der Waals surface area (Å²) in [4.78, 5) is 11.9. The Labute approximate surface area is 110 Å². The van der Waals surface area contributed by atoms with Gasteiger partial charge in [0.1, 0.15) is 6.10 Å². The van der Waals surface area contributed by atoms with Crippen LogP contribution in [0.15, 0.2) is 30.3 Å². The highest BCUT2D eigenvalue weighted by Crippen LogP contribution is 2.11. The van der Waals surface area contributed by atoms with E-state index in [1.165, 1.54) is 0 Å². The van der Waals surface area contributed by atoms with Crippen molar-refractivity contribution in [3.05, 3.63) is 35.9 Å². The fourth-order valence-corrected chi connectivity index (χ4v) is 1.57. The summed E-state index contributed by atoms with van der Waals surface area (Å²) in [6.45, 7) is 8.50. The van der Waals surface area contributed by atoms with Crippen molar-refractivity contribution >= 4 is 5.91 Å². The van der Waals surface area contributed by atoms with Crippen LogP contribution in [0.2, 0.25) is 0 Å². The third kappa shape index (κ3) is 4.88. The second-order valence-corrected chi connectivity index (χ2v) is 5.01. The second kappa shape index (κ2) is 7.17. The lowest BCUT2D eigenvalue weighted by atomic mass is 10.1. The van der Waals surface area contributed by atoms with Crippen molar-refractivity contribution < 1.29 is 9.53 Å². The van der Waals surface area contributed by atoms with Crippen LogP contribution in [-0.4, -0.2) is 18.6 Å². The first-order chi connectivity index (χ1) is 8.50. The molecule has 3 heteroatoms. The van der Waals surface area contributed by atoms with Crippen molar-refractivity contribution in [2.45, 2.75) is 39.8 Å². The highest BCUT2D eigenvalue weighted by Gasteiger charge is 2.16. The maximum atomic E-state index is 11.9. The van der Waals surface area contributed by atoms with Crippen molar-refractivity contribution in [3.8, 4) is 0 Å². The van der Waals surface area contributed by atoms with Crippen LogP contribution < -0.4 is 5.32 Å². The minimum Gasteiger partial charge on any atom is -0.368 e. The topological polar surface area (TPSA) is 38.3 Å². The van der Waals surface area contributed by atoms with Crippen LogP contribution in [0.5, 0.6) is 0 Å². The van der Waals surface area contributed by atoms with Gasteiger partial charge in [0, 0.05) is 6.61 Å². The average Bonchev–Trinajstić information content (AvgIpc) is 2.36. The summed E-state index contributed by atoms with van der Waals surface area (Å²) < 4.78 is 5.49. The molecule has 1 amide bonds. The third-order valence-corrected chi connectivity index (χ3v) is 2.71. The molecule has 3 nitrogen and oxygen atoms in total. The molecule has 1 aromatic carbocycles. The summed E-state index contributed by atoms with van der Waals surface area (Å²) in [6.07, 6.45) is -0.404. The predicted molar refractivity (Wildman–Crippen MR) is 73.3 cm³/mol. The molecule has 0 unspecified atom stereocenters. The molecule has 0 heterocycles. The number of carbonyl (C=O) groups is 1. The fourth-order valence-electron chi connectivity index (χ4n) is 1.57. The normalized spacial score (nSPS) is 14.3. The number of hydrogen-bond acceptors (Lipinski definition) is 2. The van der Waals surface area contributed by atoms with Gasteiger partial charge in [0.25, 0.3) is 0 Å². The summed E-state index contributed by atoms with van der Waals surface area (Å²) in [5.41, 5.74) is 1.10. The average molecular weight is 249 g/mol. The first-order valence-corrected chi connectivity index (χ1v) is 6.47. The smallest absolute Gasteiger partial charge is 0.249 e. The van der Waals surface area contributed by atoms with Gasteiger partial charge in [-0.15, -0.1) is 0 Å². The Morgan fingerprint density at radius 2 is 1.78 bits per heavy atom. The van der Waals surface area contributed by atoms with E-state index in [2.05, 4.69) is 19.2 Å². The fraction of sp³-hybridized carbons (Fsp3) is 0.533. The van der Waals surface area contributed by atoms with E-state index in [-0.39, 0.29) is 11.9 Å². The van der Waals surface area contributed by atoms with Crippen molar-refractivity contribution in [2.75, 3.05) is 6.61 Å². The number of benzene rings is 1. The third-order valence-electron chi connectivity index (χ3n) is 2.71. The summed E-state index contributed by atoms with van der Waals surface area (Å²) in [6, 6.07) is 9.92. The molecule has 18 heavy (non-hydrogen) atoms. The zero-order valence-corrected chi connectivity index (χ0v) is 11.6. The summed E-state index contributed by atoms with van der Waals surface area (Å²) in [5.74, 6) is 0.374. The van der Waals surface area contributed by atoms with Crippen LogP contribution in [0, 0.1) is 5.92 Å². The van der Waals surface area contributed by atoms with Gasteiger partial charge in [-0.25, -0.2) is 0 Å². The predicted octanol–water partition coefficient (Wildman–Crippen LogP) is 2.92. The first kappa shape index (κ1) is 14.7.